The minimum atomic E-state index is -0.0582. The molecule has 0 heterocycles. The van der Waals surface area contributed by atoms with Crippen molar-refractivity contribution in [2.75, 3.05) is 21.3 Å². The Bertz CT molecular complexity index is 410. The van der Waals surface area contributed by atoms with Gasteiger partial charge in [0, 0.05) is 11.6 Å². The number of benzene rings is 1. The molecule has 116 valence electrons. The lowest BCUT2D eigenvalue weighted by Crippen LogP contribution is -2.13. The fraction of sp³-hybridized carbons (Fsp3) is 0.600. The summed E-state index contributed by atoms with van der Waals surface area (Å²) in [5.41, 5.74) is 7.22. The van der Waals surface area contributed by atoms with E-state index in [1.54, 1.807) is 21.3 Å². The van der Waals surface area contributed by atoms with Gasteiger partial charge in [0.25, 0.3) is 0 Å². The second-order valence-corrected chi connectivity index (χ2v) is 5.00. The molecule has 1 aromatic rings. The SMILES string of the molecule is COc1ccc([C@H](N)CCC(C)C)c(OC)c1OC.Cl. The van der Waals surface area contributed by atoms with Crippen molar-refractivity contribution in [2.45, 2.75) is 32.7 Å². The van der Waals surface area contributed by atoms with Crippen LogP contribution >= 0.6 is 12.4 Å². The molecule has 0 aliphatic carbocycles. The van der Waals surface area contributed by atoms with Crippen molar-refractivity contribution in [3.63, 3.8) is 0 Å². The van der Waals surface area contributed by atoms with Gasteiger partial charge in [-0.2, -0.15) is 0 Å². The molecule has 0 unspecified atom stereocenters. The molecule has 0 amide bonds. The minimum Gasteiger partial charge on any atom is -0.493 e. The van der Waals surface area contributed by atoms with Crippen molar-refractivity contribution in [1.82, 2.24) is 0 Å². The first-order valence-corrected chi connectivity index (χ1v) is 6.59. The Labute approximate surface area is 128 Å². The van der Waals surface area contributed by atoms with E-state index in [0.717, 1.165) is 18.4 Å². The zero-order chi connectivity index (χ0) is 14.4. The van der Waals surface area contributed by atoms with Crippen molar-refractivity contribution in [2.24, 2.45) is 11.7 Å². The molecule has 0 spiro atoms. The van der Waals surface area contributed by atoms with E-state index in [1.807, 2.05) is 12.1 Å². The molecule has 2 N–H and O–H groups in total. The summed E-state index contributed by atoms with van der Waals surface area (Å²) >= 11 is 0. The molecule has 1 rings (SSSR count). The highest BCUT2D eigenvalue weighted by Crippen LogP contribution is 2.42. The summed E-state index contributed by atoms with van der Waals surface area (Å²) in [5, 5.41) is 0. The van der Waals surface area contributed by atoms with Gasteiger partial charge in [-0.1, -0.05) is 13.8 Å². The van der Waals surface area contributed by atoms with Gasteiger partial charge in [0.15, 0.2) is 11.5 Å². The number of halogens is 1. The van der Waals surface area contributed by atoms with Crippen LogP contribution < -0.4 is 19.9 Å². The molecule has 0 radical (unpaired) electrons. The van der Waals surface area contributed by atoms with Crippen molar-refractivity contribution >= 4 is 12.4 Å². The molecule has 0 fully saturated rings. The summed E-state index contributed by atoms with van der Waals surface area (Å²) in [5.74, 6) is 2.55. The smallest absolute Gasteiger partial charge is 0.203 e. The normalized spacial score (nSPS) is 11.8. The van der Waals surface area contributed by atoms with Crippen LogP contribution in [0.3, 0.4) is 0 Å². The summed E-state index contributed by atoms with van der Waals surface area (Å²) in [6, 6.07) is 3.76. The van der Waals surface area contributed by atoms with Crippen molar-refractivity contribution in [1.29, 1.82) is 0 Å². The van der Waals surface area contributed by atoms with Crippen LogP contribution in [-0.2, 0) is 0 Å². The quantitative estimate of drug-likeness (QED) is 0.836. The Hall–Kier alpha value is -1.13. The Morgan fingerprint density at radius 3 is 2.00 bits per heavy atom. The van der Waals surface area contributed by atoms with E-state index >= 15 is 0 Å². The number of ether oxygens (including phenoxy) is 3. The lowest BCUT2D eigenvalue weighted by atomic mass is 9.97. The zero-order valence-electron chi connectivity index (χ0n) is 12.9. The Morgan fingerprint density at radius 1 is 0.950 bits per heavy atom. The zero-order valence-corrected chi connectivity index (χ0v) is 13.8. The van der Waals surface area contributed by atoms with Crippen LogP contribution in [-0.4, -0.2) is 21.3 Å². The van der Waals surface area contributed by atoms with Gasteiger partial charge in [-0.3, -0.25) is 0 Å². The van der Waals surface area contributed by atoms with Gasteiger partial charge in [0.2, 0.25) is 5.75 Å². The van der Waals surface area contributed by atoms with Gasteiger partial charge < -0.3 is 19.9 Å². The van der Waals surface area contributed by atoms with E-state index < -0.39 is 0 Å². The monoisotopic (exact) mass is 303 g/mol. The summed E-state index contributed by atoms with van der Waals surface area (Å²) in [6.45, 7) is 4.39. The van der Waals surface area contributed by atoms with Gasteiger partial charge in [0.05, 0.1) is 21.3 Å². The van der Waals surface area contributed by atoms with Crippen LogP contribution in [0, 0.1) is 5.92 Å². The summed E-state index contributed by atoms with van der Waals surface area (Å²) in [7, 11) is 4.83. The van der Waals surface area contributed by atoms with Gasteiger partial charge in [-0.05, 0) is 30.9 Å². The molecule has 0 aromatic heterocycles. The van der Waals surface area contributed by atoms with E-state index in [1.165, 1.54) is 0 Å². The van der Waals surface area contributed by atoms with Gasteiger partial charge in [-0.15, -0.1) is 12.4 Å². The molecule has 20 heavy (non-hydrogen) atoms. The number of methoxy groups -OCH3 is 3. The van der Waals surface area contributed by atoms with Gasteiger partial charge in [-0.25, -0.2) is 0 Å². The molecule has 4 nitrogen and oxygen atoms in total. The molecule has 0 saturated carbocycles. The lowest BCUT2D eigenvalue weighted by molar-refractivity contribution is 0.320. The predicted octanol–water partition coefficient (Wildman–Crippen LogP) is 3.57. The predicted molar refractivity (Wildman–Crippen MR) is 84.3 cm³/mol. The molecule has 0 aliphatic rings. The summed E-state index contributed by atoms with van der Waals surface area (Å²) in [6.07, 6.45) is 2.00. The highest BCUT2D eigenvalue weighted by atomic mass is 35.5. The van der Waals surface area contributed by atoms with Crippen LogP contribution in [0.5, 0.6) is 17.2 Å². The first-order valence-electron chi connectivity index (χ1n) is 6.59. The molecule has 1 aromatic carbocycles. The average Bonchev–Trinajstić information content (AvgIpc) is 2.42. The molecule has 5 heteroatoms. The molecular formula is C15H26ClNO3. The number of hydrogen-bond acceptors (Lipinski definition) is 4. The third kappa shape index (κ3) is 4.46. The van der Waals surface area contributed by atoms with Crippen LogP contribution in [0.15, 0.2) is 12.1 Å². The van der Waals surface area contributed by atoms with Crippen LogP contribution in [0.25, 0.3) is 0 Å². The molecule has 0 aliphatic heterocycles. The number of hydrogen-bond donors (Lipinski definition) is 1. The third-order valence-corrected chi connectivity index (χ3v) is 3.19. The van der Waals surface area contributed by atoms with E-state index in [-0.39, 0.29) is 18.4 Å². The van der Waals surface area contributed by atoms with E-state index in [2.05, 4.69) is 13.8 Å². The maximum Gasteiger partial charge on any atom is 0.203 e. The lowest BCUT2D eigenvalue weighted by Gasteiger charge is -2.20. The number of rotatable bonds is 7. The van der Waals surface area contributed by atoms with Crippen LogP contribution in [0.2, 0.25) is 0 Å². The maximum atomic E-state index is 6.26. The fourth-order valence-electron chi connectivity index (χ4n) is 2.08. The fourth-order valence-corrected chi connectivity index (χ4v) is 2.08. The molecule has 0 bridgehead atoms. The Morgan fingerprint density at radius 2 is 1.55 bits per heavy atom. The maximum absolute atomic E-state index is 6.26. The van der Waals surface area contributed by atoms with Gasteiger partial charge >= 0.3 is 0 Å². The highest BCUT2D eigenvalue weighted by Gasteiger charge is 2.19. The highest BCUT2D eigenvalue weighted by molar-refractivity contribution is 5.85. The van der Waals surface area contributed by atoms with Gasteiger partial charge in [0.1, 0.15) is 0 Å². The topological polar surface area (TPSA) is 53.7 Å². The average molecular weight is 304 g/mol. The first kappa shape index (κ1) is 18.9. The van der Waals surface area contributed by atoms with Crippen molar-refractivity contribution in [3.05, 3.63) is 17.7 Å². The Kier molecular flexibility index (Phi) is 8.42. The standard InChI is InChI=1S/C15H25NO3.ClH/c1-10(2)6-8-12(16)11-7-9-13(17-3)15(19-5)14(11)18-4;/h7,9-10,12H,6,8,16H2,1-5H3;1H/t12-;/m1./s1. The van der Waals surface area contributed by atoms with E-state index in [9.17, 15) is 0 Å². The molecule has 0 saturated heterocycles. The largest absolute Gasteiger partial charge is 0.493 e. The van der Waals surface area contributed by atoms with Crippen LogP contribution in [0.1, 0.15) is 38.3 Å². The van der Waals surface area contributed by atoms with Crippen LogP contribution in [0.4, 0.5) is 0 Å². The Balaban J connectivity index is 0.00000361. The third-order valence-electron chi connectivity index (χ3n) is 3.19. The van der Waals surface area contributed by atoms with E-state index in [0.29, 0.717) is 23.2 Å². The molecular weight excluding hydrogens is 278 g/mol. The number of nitrogens with two attached hydrogens (primary N) is 1. The second-order valence-electron chi connectivity index (χ2n) is 5.00. The minimum absolute atomic E-state index is 0. The first-order chi connectivity index (χ1) is 9.04. The summed E-state index contributed by atoms with van der Waals surface area (Å²) in [4.78, 5) is 0. The van der Waals surface area contributed by atoms with Crippen molar-refractivity contribution in [3.8, 4) is 17.2 Å². The second kappa shape index (κ2) is 8.93. The van der Waals surface area contributed by atoms with Crippen molar-refractivity contribution < 1.29 is 14.2 Å². The molecule has 1 atom stereocenters. The van der Waals surface area contributed by atoms with E-state index in [4.69, 9.17) is 19.9 Å². The summed E-state index contributed by atoms with van der Waals surface area (Å²) < 4.78 is 16.1.